The molecule has 4 nitrogen and oxygen atoms in total. The second kappa shape index (κ2) is 15.7. The molecule has 1 heterocycles. The van der Waals surface area contributed by atoms with E-state index >= 15 is 0 Å². The van der Waals surface area contributed by atoms with E-state index in [4.69, 9.17) is 16.4 Å². The Morgan fingerprint density at radius 3 is 2.24 bits per heavy atom. The number of carbonyl (C=O) groups excluding carboxylic acids is 1. The van der Waals surface area contributed by atoms with Crippen LogP contribution in [0.1, 0.15) is 65.5 Å². The van der Waals surface area contributed by atoms with Gasteiger partial charge in [0.1, 0.15) is 11.6 Å². The van der Waals surface area contributed by atoms with Crippen molar-refractivity contribution in [3.05, 3.63) is 98.5 Å². The van der Waals surface area contributed by atoms with Crippen LogP contribution in [0.25, 0.3) is 11.1 Å². The smallest absolute Gasteiger partial charge is 0.204 e. The number of hydrogen-bond donors (Lipinski definition) is 2. The maximum atomic E-state index is 13.4. The minimum Gasteiger partial charge on any atom is -0.506 e. The van der Waals surface area contributed by atoms with E-state index in [1.165, 1.54) is 28.8 Å². The lowest BCUT2D eigenvalue weighted by molar-refractivity contribution is -0.106. The summed E-state index contributed by atoms with van der Waals surface area (Å²) in [5.74, 6) is 0.0321. The minimum absolute atomic E-state index is 0.153. The Morgan fingerprint density at radius 1 is 1.07 bits per heavy atom. The zero-order valence-corrected chi connectivity index (χ0v) is 26.7. The lowest BCUT2D eigenvalue weighted by atomic mass is 9.81. The van der Waals surface area contributed by atoms with E-state index in [1.54, 1.807) is 30.0 Å². The van der Waals surface area contributed by atoms with Crippen molar-refractivity contribution in [2.24, 2.45) is 5.73 Å². The number of phenols is 1. The number of amides is 1. The van der Waals surface area contributed by atoms with E-state index in [1.807, 2.05) is 18.2 Å². The Labute approximate surface area is 254 Å². The molecule has 3 aromatic rings. The standard InChI is InChI=1S/C23H22FNO.C10H17ClS.CH3NO/c1-15-6-4-5-7-19(15)25-14-23(2,3)21-18(12-13-20(26)22(21)25)16-8-10-17(24)11-9-16;1-5-8(3)7-12-10(11)9(4)6-2;2-1-3/h4-13,26H,14H2,1-3H3;7H,5-6H2,1-4H3;1H,(H2,2,3)/b;8-7+,10-9+;. The van der Waals surface area contributed by atoms with Gasteiger partial charge in [0.2, 0.25) is 6.41 Å². The molecule has 0 saturated carbocycles. The van der Waals surface area contributed by atoms with Gasteiger partial charge in [0.25, 0.3) is 0 Å². The van der Waals surface area contributed by atoms with Gasteiger partial charge >= 0.3 is 0 Å². The van der Waals surface area contributed by atoms with Gasteiger partial charge in [0.05, 0.1) is 10.1 Å². The lowest BCUT2D eigenvalue weighted by Crippen LogP contribution is -2.25. The van der Waals surface area contributed by atoms with Crippen LogP contribution >= 0.6 is 23.4 Å². The number of halogens is 2. The Bertz CT molecular complexity index is 1380. The fourth-order valence-corrected chi connectivity index (χ4v) is 5.59. The van der Waals surface area contributed by atoms with Crippen molar-refractivity contribution in [1.82, 2.24) is 0 Å². The summed E-state index contributed by atoms with van der Waals surface area (Å²) in [5, 5.41) is 12.8. The summed E-state index contributed by atoms with van der Waals surface area (Å²) < 4.78 is 14.3. The van der Waals surface area contributed by atoms with Crippen LogP contribution in [0.15, 0.2) is 81.6 Å². The third-order valence-electron chi connectivity index (χ3n) is 7.01. The van der Waals surface area contributed by atoms with Gasteiger partial charge in [-0.3, -0.25) is 4.79 Å². The number of hydrogen-bond acceptors (Lipinski definition) is 4. The number of phenolic OH excluding ortho intramolecular Hbond substituents is 1. The van der Waals surface area contributed by atoms with E-state index < -0.39 is 0 Å². The van der Waals surface area contributed by atoms with Crippen molar-refractivity contribution >= 4 is 41.1 Å². The third-order valence-corrected chi connectivity index (χ3v) is 8.67. The highest BCUT2D eigenvalue weighted by atomic mass is 35.5. The molecule has 0 unspecified atom stereocenters. The molecule has 3 aromatic carbocycles. The van der Waals surface area contributed by atoms with Crippen molar-refractivity contribution in [3.63, 3.8) is 0 Å². The van der Waals surface area contributed by atoms with Crippen LogP contribution in [-0.2, 0) is 10.2 Å². The van der Waals surface area contributed by atoms with E-state index in [-0.39, 0.29) is 23.4 Å². The number of nitrogens with zero attached hydrogens (tertiary/aromatic N) is 1. The molecule has 0 atom stereocenters. The quantitative estimate of drug-likeness (QED) is 0.278. The first-order chi connectivity index (χ1) is 19.4. The summed E-state index contributed by atoms with van der Waals surface area (Å²) in [4.78, 5) is 10.8. The molecule has 0 aliphatic carbocycles. The average Bonchev–Trinajstić information content (AvgIpc) is 3.24. The molecule has 220 valence electrons. The fourth-order valence-electron chi connectivity index (χ4n) is 4.51. The number of fused-ring (bicyclic) bond motifs is 1. The first kappa shape index (κ1) is 34.0. The summed E-state index contributed by atoms with van der Waals surface area (Å²) in [6, 6.07) is 18.5. The average molecular weight is 597 g/mol. The molecule has 0 bridgehead atoms. The Balaban J connectivity index is 0.000000331. The number of primary amides is 1. The molecule has 0 radical (unpaired) electrons. The van der Waals surface area contributed by atoms with Crippen LogP contribution in [-0.4, -0.2) is 18.1 Å². The largest absolute Gasteiger partial charge is 0.506 e. The Hall–Kier alpha value is -3.22. The first-order valence-corrected chi connectivity index (χ1v) is 15.0. The van der Waals surface area contributed by atoms with E-state index in [9.17, 15) is 9.50 Å². The normalized spacial score (nSPS) is 14.2. The molecule has 41 heavy (non-hydrogen) atoms. The van der Waals surface area contributed by atoms with Crippen LogP contribution < -0.4 is 10.6 Å². The molecular formula is C34H42ClFN2O2S. The molecule has 1 aliphatic heterocycles. The minimum atomic E-state index is -0.245. The third kappa shape index (κ3) is 8.88. The molecule has 4 rings (SSSR count). The molecule has 1 aliphatic rings. The topological polar surface area (TPSA) is 66.6 Å². The zero-order valence-electron chi connectivity index (χ0n) is 25.1. The van der Waals surface area contributed by atoms with Crippen LogP contribution in [0.2, 0.25) is 0 Å². The number of rotatable bonds is 6. The fraction of sp³-hybridized carbons (Fsp3) is 0.324. The van der Waals surface area contributed by atoms with Crippen LogP contribution in [0, 0.1) is 12.7 Å². The number of para-hydroxylation sites is 1. The number of thioether (sulfide) groups is 1. The highest BCUT2D eigenvalue weighted by Crippen LogP contribution is 2.52. The maximum Gasteiger partial charge on any atom is 0.204 e. The Kier molecular flexibility index (Phi) is 13.0. The molecule has 0 saturated heterocycles. The van der Waals surface area contributed by atoms with Crippen molar-refractivity contribution in [1.29, 1.82) is 0 Å². The van der Waals surface area contributed by atoms with Crippen LogP contribution in [0.4, 0.5) is 15.8 Å². The van der Waals surface area contributed by atoms with Crippen molar-refractivity contribution in [2.45, 2.75) is 66.7 Å². The van der Waals surface area contributed by atoms with Gasteiger partial charge in [-0.05, 0) is 91.1 Å². The lowest BCUT2D eigenvalue weighted by Gasteiger charge is -2.24. The van der Waals surface area contributed by atoms with Gasteiger partial charge in [-0.2, -0.15) is 0 Å². The molecule has 7 heteroatoms. The number of nitrogens with two attached hydrogens (primary N) is 1. The number of aromatic hydroxyl groups is 1. The number of aryl methyl sites for hydroxylation is 1. The Morgan fingerprint density at radius 2 is 1.68 bits per heavy atom. The summed E-state index contributed by atoms with van der Waals surface area (Å²) >= 11 is 7.66. The van der Waals surface area contributed by atoms with Crippen molar-refractivity contribution < 1.29 is 14.3 Å². The van der Waals surface area contributed by atoms with Gasteiger partial charge in [0.15, 0.2) is 0 Å². The first-order valence-electron chi connectivity index (χ1n) is 13.7. The van der Waals surface area contributed by atoms with Crippen molar-refractivity contribution in [2.75, 3.05) is 11.4 Å². The number of anilines is 2. The molecule has 0 aromatic heterocycles. The number of benzene rings is 3. The van der Waals surface area contributed by atoms with E-state index in [0.717, 1.165) is 51.8 Å². The van der Waals surface area contributed by atoms with Gasteiger partial charge in [-0.25, -0.2) is 4.39 Å². The predicted molar refractivity (Wildman–Crippen MR) is 175 cm³/mol. The molecule has 1 amide bonds. The molecule has 3 N–H and O–H groups in total. The molecule has 0 fully saturated rings. The van der Waals surface area contributed by atoms with Crippen LogP contribution in [0.5, 0.6) is 5.75 Å². The van der Waals surface area contributed by atoms with Gasteiger partial charge in [0, 0.05) is 17.6 Å². The maximum absolute atomic E-state index is 13.4. The summed E-state index contributed by atoms with van der Waals surface area (Å²) in [6.45, 7) is 15.7. The monoisotopic (exact) mass is 596 g/mol. The van der Waals surface area contributed by atoms with E-state index in [2.05, 4.69) is 76.6 Å². The molecule has 0 spiro atoms. The zero-order chi connectivity index (χ0) is 30.7. The van der Waals surface area contributed by atoms with E-state index in [0.29, 0.717) is 0 Å². The summed E-state index contributed by atoms with van der Waals surface area (Å²) in [7, 11) is 0. The predicted octanol–water partition coefficient (Wildman–Crippen LogP) is 9.95. The SMILES string of the molecule is CC/C(C)=C(\Cl)S/C=C(\C)CC.Cc1ccccc1N1CC(C)(C)c2c(-c3ccc(F)cc3)ccc(O)c21.NC=O. The summed E-state index contributed by atoms with van der Waals surface area (Å²) in [6.07, 6.45) is 2.38. The highest BCUT2D eigenvalue weighted by molar-refractivity contribution is 8.07. The highest BCUT2D eigenvalue weighted by Gasteiger charge is 2.40. The van der Waals surface area contributed by atoms with Gasteiger partial charge in [-0.15, -0.1) is 0 Å². The van der Waals surface area contributed by atoms with Crippen LogP contribution in [0.3, 0.4) is 0 Å². The summed E-state index contributed by atoms with van der Waals surface area (Å²) in [5.41, 5.74) is 12.9. The number of carbonyl (C=O) groups is 1. The number of allylic oxidation sites excluding steroid dienone is 2. The molecular weight excluding hydrogens is 555 g/mol. The van der Waals surface area contributed by atoms with Gasteiger partial charge in [-0.1, -0.05) is 93.0 Å². The second-order valence-electron chi connectivity index (χ2n) is 10.6. The second-order valence-corrected chi connectivity index (χ2v) is 12.1. The van der Waals surface area contributed by atoms with Crippen molar-refractivity contribution in [3.8, 4) is 16.9 Å². The van der Waals surface area contributed by atoms with Gasteiger partial charge < -0.3 is 15.7 Å².